The van der Waals surface area contributed by atoms with Crippen LogP contribution in [-0.2, 0) is 18.9 Å². The third kappa shape index (κ3) is 2.73. The molecule has 5 atom stereocenters. The molecule has 0 radical (unpaired) electrons. The van der Waals surface area contributed by atoms with Crippen LogP contribution < -0.4 is 0 Å². The summed E-state index contributed by atoms with van der Waals surface area (Å²) in [7, 11) is 1.59. The lowest BCUT2D eigenvalue weighted by Gasteiger charge is -2.51. The first-order valence-corrected chi connectivity index (χ1v) is 11.0. The monoisotopic (exact) mass is 420 g/mol. The molecule has 3 fully saturated rings. The summed E-state index contributed by atoms with van der Waals surface area (Å²) in [5.41, 5.74) is 3.59. The average Bonchev–Trinajstić information content (AvgIpc) is 3.45. The predicted octanol–water partition coefficient (Wildman–Crippen LogP) is 3.32. The lowest BCUT2D eigenvalue weighted by atomic mass is 9.57. The van der Waals surface area contributed by atoms with Gasteiger partial charge in [-0.15, -0.1) is 0 Å². The van der Waals surface area contributed by atoms with Crippen LogP contribution >= 0.6 is 0 Å². The van der Waals surface area contributed by atoms with Crippen molar-refractivity contribution in [2.24, 2.45) is 17.3 Å². The highest BCUT2D eigenvalue weighted by Gasteiger charge is 2.65. The van der Waals surface area contributed by atoms with E-state index in [9.17, 15) is 10.2 Å². The highest BCUT2D eigenvalue weighted by molar-refractivity contribution is 5.74. The number of hydrogen-bond acceptors (Lipinski definition) is 7. The number of aliphatic hydroxyl groups is 2. The Bertz CT molecular complexity index is 837. The van der Waals surface area contributed by atoms with E-state index in [2.05, 4.69) is 13.8 Å². The van der Waals surface area contributed by atoms with Gasteiger partial charge in [-0.3, -0.25) is 0 Å². The van der Waals surface area contributed by atoms with Crippen molar-refractivity contribution < 1.29 is 33.6 Å². The number of hydrogen-bond donors (Lipinski definition) is 2. The van der Waals surface area contributed by atoms with Crippen LogP contribution in [0.25, 0.3) is 5.57 Å². The van der Waals surface area contributed by atoms with Crippen LogP contribution in [0.3, 0.4) is 0 Å². The fourth-order valence-electron chi connectivity index (χ4n) is 6.61. The molecule has 0 bridgehead atoms. The zero-order chi connectivity index (χ0) is 21.1. The number of methoxy groups -OCH3 is 1. The van der Waals surface area contributed by atoms with Crippen LogP contribution in [0.2, 0.25) is 0 Å². The van der Waals surface area contributed by atoms with Gasteiger partial charge in [0.15, 0.2) is 12.1 Å². The van der Waals surface area contributed by atoms with Crippen LogP contribution in [0.5, 0.6) is 0 Å². The van der Waals surface area contributed by atoms with Crippen molar-refractivity contribution >= 4 is 5.57 Å². The third-order valence-electron chi connectivity index (χ3n) is 8.12. The quantitative estimate of drug-likeness (QED) is 0.558. The van der Waals surface area contributed by atoms with Gasteiger partial charge in [0.1, 0.15) is 11.9 Å². The van der Waals surface area contributed by atoms with E-state index in [1.165, 1.54) is 11.8 Å². The topological polar surface area (TPSA) is 90.5 Å². The summed E-state index contributed by atoms with van der Waals surface area (Å²) in [5, 5.41) is 22.0. The molecule has 30 heavy (non-hydrogen) atoms. The van der Waals surface area contributed by atoms with Gasteiger partial charge in [0.25, 0.3) is 0 Å². The molecule has 166 valence electrons. The zero-order valence-corrected chi connectivity index (χ0v) is 18.0. The van der Waals surface area contributed by atoms with E-state index in [1.54, 1.807) is 7.11 Å². The highest BCUT2D eigenvalue weighted by Crippen LogP contribution is 2.66. The van der Waals surface area contributed by atoms with Gasteiger partial charge in [0.05, 0.1) is 38.3 Å². The molecule has 3 aliphatic carbocycles. The molecule has 2 N–H and O–H groups in total. The van der Waals surface area contributed by atoms with Crippen molar-refractivity contribution in [1.29, 1.82) is 0 Å². The van der Waals surface area contributed by atoms with Crippen molar-refractivity contribution in [2.45, 2.75) is 57.7 Å². The summed E-state index contributed by atoms with van der Waals surface area (Å²) in [6.07, 6.45) is 3.32. The second-order valence-electron chi connectivity index (χ2n) is 9.28. The van der Waals surface area contributed by atoms with Gasteiger partial charge in [-0.1, -0.05) is 12.5 Å². The van der Waals surface area contributed by atoms with Crippen molar-refractivity contribution in [3.63, 3.8) is 0 Å². The number of ether oxygens (including phenoxy) is 4. The minimum atomic E-state index is -1.11. The highest BCUT2D eigenvalue weighted by atomic mass is 16.7. The lowest BCUT2D eigenvalue weighted by molar-refractivity contribution is -0.234. The van der Waals surface area contributed by atoms with Gasteiger partial charge in [0.2, 0.25) is 0 Å². The minimum absolute atomic E-state index is 0.0195. The van der Waals surface area contributed by atoms with Gasteiger partial charge in [-0.2, -0.15) is 0 Å². The maximum Gasteiger partial charge on any atom is 0.185 e. The molecule has 7 nitrogen and oxygen atoms in total. The maximum absolute atomic E-state index is 11.4. The van der Waals surface area contributed by atoms with Gasteiger partial charge < -0.3 is 33.6 Å². The Balaban J connectivity index is 1.49. The maximum atomic E-state index is 11.4. The number of allylic oxidation sites excluding steroid dienone is 1. The van der Waals surface area contributed by atoms with E-state index in [4.69, 9.17) is 23.4 Å². The summed E-state index contributed by atoms with van der Waals surface area (Å²) in [6.45, 7) is 6.30. The molecule has 7 heteroatoms. The van der Waals surface area contributed by atoms with E-state index in [1.807, 2.05) is 0 Å². The van der Waals surface area contributed by atoms with Gasteiger partial charge in [-0.25, -0.2) is 0 Å². The fraction of sp³-hybridized carbons (Fsp3) is 0.739. The van der Waals surface area contributed by atoms with Crippen LogP contribution in [0.1, 0.15) is 68.8 Å². The Morgan fingerprint density at radius 1 is 1.23 bits per heavy atom. The molecule has 1 aromatic rings. The Morgan fingerprint density at radius 3 is 2.73 bits per heavy atom. The van der Waals surface area contributed by atoms with E-state index in [0.717, 1.165) is 36.8 Å². The predicted molar refractivity (Wildman–Crippen MR) is 107 cm³/mol. The van der Waals surface area contributed by atoms with Crippen molar-refractivity contribution in [2.75, 3.05) is 33.5 Å². The fourth-order valence-corrected chi connectivity index (χ4v) is 6.61. The van der Waals surface area contributed by atoms with E-state index < -0.39 is 18.2 Å². The van der Waals surface area contributed by atoms with Crippen LogP contribution in [-0.4, -0.2) is 49.5 Å². The van der Waals surface area contributed by atoms with Crippen LogP contribution in [0, 0.1) is 17.3 Å². The second-order valence-corrected chi connectivity index (χ2v) is 9.28. The molecular weight excluding hydrogens is 388 g/mol. The Morgan fingerprint density at radius 2 is 2.00 bits per heavy atom. The third-order valence-corrected chi connectivity index (χ3v) is 8.12. The molecule has 1 spiro atoms. The largest absolute Gasteiger partial charge is 0.465 e. The number of rotatable bonds is 5. The van der Waals surface area contributed by atoms with Crippen molar-refractivity contribution in [3.05, 3.63) is 28.7 Å². The summed E-state index contributed by atoms with van der Waals surface area (Å²) in [6, 6.07) is 0. The van der Waals surface area contributed by atoms with Crippen LogP contribution in [0.4, 0.5) is 0 Å². The summed E-state index contributed by atoms with van der Waals surface area (Å²) in [5.74, 6) is 0.253. The summed E-state index contributed by atoms with van der Waals surface area (Å²) in [4.78, 5) is 0. The molecule has 0 aromatic carbocycles. The Labute approximate surface area is 176 Å². The average molecular weight is 421 g/mol. The molecule has 2 saturated carbocycles. The van der Waals surface area contributed by atoms with Gasteiger partial charge in [0, 0.05) is 30.4 Å². The first-order valence-electron chi connectivity index (χ1n) is 11.0. The second kappa shape index (κ2) is 7.43. The SMILES string of the molecule is COCCO[C@H](O)c1coc2c1C(C)=C1CCC3(C)[C@@H](CCC34OCCO4)C1C2O. The van der Waals surface area contributed by atoms with E-state index in [0.29, 0.717) is 31.1 Å². The first kappa shape index (κ1) is 20.7. The Hall–Kier alpha value is -1.22. The van der Waals surface area contributed by atoms with E-state index >= 15 is 0 Å². The smallest absolute Gasteiger partial charge is 0.185 e. The van der Waals surface area contributed by atoms with Crippen molar-refractivity contribution in [3.8, 4) is 0 Å². The molecule has 0 amide bonds. The normalized spacial score (nSPS) is 35.4. The number of aliphatic hydroxyl groups excluding tert-OH is 2. The summed E-state index contributed by atoms with van der Waals surface area (Å²) >= 11 is 0. The molecular formula is C23H32O7. The standard InChI is InChI=1S/C23H32O7/c1-13-14-4-6-22(2)16(5-7-23(22)29-10-11-30-23)18(14)19(24)20-17(13)15(12-28-20)21(25)27-9-8-26-3/h12,16,18-19,21,24-25H,4-11H2,1-3H3/t16-,18?,19?,21-,22?/m0/s1. The number of furan rings is 1. The molecule has 1 aliphatic heterocycles. The van der Waals surface area contributed by atoms with Gasteiger partial charge >= 0.3 is 0 Å². The summed E-state index contributed by atoms with van der Waals surface area (Å²) < 4.78 is 28.6. The molecule has 4 aliphatic rings. The lowest BCUT2D eigenvalue weighted by Crippen LogP contribution is -2.51. The minimum Gasteiger partial charge on any atom is -0.465 e. The molecule has 3 unspecified atom stereocenters. The van der Waals surface area contributed by atoms with Crippen molar-refractivity contribution in [1.82, 2.24) is 0 Å². The zero-order valence-electron chi connectivity index (χ0n) is 18.0. The molecule has 1 aromatic heterocycles. The van der Waals surface area contributed by atoms with Gasteiger partial charge in [-0.05, 0) is 37.7 Å². The Kier molecular flexibility index (Phi) is 5.12. The first-order chi connectivity index (χ1) is 14.4. The molecule has 1 saturated heterocycles. The molecule has 2 heterocycles. The van der Waals surface area contributed by atoms with Crippen LogP contribution in [0.15, 0.2) is 16.3 Å². The molecule has 5 rings (SSSR count). The number of fused-ring (bicyclic) bond motifs is 5. The van der Waals surface area contributed by atoms with E-state index in [-0.39, 0.29) is 23.9 Å².